The first kappa shape index (κ1) is 21.1. The zero-order chi connectivity index (χ0) is 18.3. The van der Waals surface area contributed by atoms with Crippen LogP contribution in [0.25, 0.3) is 0 Å². The molecule has 4 nitrogen and oxygen atoms in total. The van der Waals surface area contributed by atoms with Crippen molar-refractivity contribution in [3.05, 3.63) is 0 Å². The summed E-state index contributed by atoms with van der Waals surface area (Å²) in [6.45, 7) is 9.96. The molecule has 4 aliphatic rings. The molecule has 0 aromatic carbocycles. The number of fused-ring (bicyclic) bond motifs is 2. The van der Waals surface area contributed by atoms with Crippen LogP contribution >= 0.6 is 0 Å². The van der Waals surface area contributed by atoms with Gasteiger partial charge in [-0.15, -0.1) is 0 Å². The molecule has 25 heavy (non-hydrogen) atoms. The topological polar surface area (TPSA) is 24.9 Å². The lowest BCUT2D eigenvalue weighted by molar-refractivity contribution is 0.0652. The van der Waals surface area contributed by atoms with Crippen LogP contribution in [0.3, 0.4) is 0 Å². The van der Waals surface area contributed by atoms with Gasteiger partial charge in [-0.05, 0) is 58.2 Å². The highest BCUT2D eigenvalue weighted by molar-refractivity contribution is 5.03. The lowest BCUT2D eigenvalue weighted by Crippen LogP contribution is -2.42. The molecule has 0 aliphatic carbocycles. The van der Waals surface area contributed by atoms with Crippen molar-refractivity contribution in [3.8, 4) is 0 Å². The SMILES string of the molecule is CC.COCC12CCCN1CC(F)C2.COCC12CCCN1CCC2. The molecule has 0 saturated carbocycles. The second-order valence-electron chi connectivity index (χ2n) is 7.86. The second-order valence-corrected chi connectivity index (χ2v) is 7.86. The maximum Gasteiger partial charge on any atom is 0.115 e. The first-order chi connectivity index (χ1) is 12.1. The van der Waals surface area contributed by atoms with E-state index in [1.807, 2.05) is 21.0 Å². The molecule has 148 valence electrons. The molecule has 0 amide bonds. The van der Waals surface area contributed by atoms with E-state index in [1.165, 1.54) is 45.2 Å². The predicted octanol–water partition coefficient (Wildman–Crippen LogP) is 3.50. The lowest BCUT2D eigenvalue weighted by Gasteiger charge is -2.30. The first-order valence-corrected chi connectivity index (χ1v) is 10.3. The average Bonchev–Trinajstić information content (AvgIpc) is 3.30. The van der Waals surface area contributed by atoms with Crippen LogP contribution in [0.2, 0.25) is 0 Å². The Hall–Kier alpha value is -0.230. The Kier molecular flexibility index (Phi) is 8.12. The van der Waals surface area contributed by atoms with Crippen LogP contribution in [-0.4, -0.2) is 80.7 Å². The van der Waals surface area contributed by atoms with Crippen molar-refractivity contribution in [2.45, 2.75) is 76.0 Å². The molecule has 0 bridgehead atoms. The number of rotatable bonds is 4. The Morgan fingerprint density at radius 3 is 1.88 bits per heavy atom. The number of methoxy groups -OCH3 is 2. The van der Waals surface area contributed by atoms with E-state index in [0.717, 1.165) is 19.6 Å². The van der Waals surface area contributed by atoms with Crippen molar-refractivity contribution in [3.63, 3.8) is 0 Å². The van der Waals surface area contributed by atoms with Crippen molar-refractivity contribution in [1.29, 1.82) is 0 Å². The quantitative estimate of drug-likeness (QED) is 0.768. The van der Waals surface area contributed by atoms with E-state index in [4.69, 9.17) is 9.47 Å². The lowest BCUT2D eigenvalue weighted by atomic mass is 9.95. The van der Waals surface area contributed by atoms with Crippen LogP contribution < -0.4 is 0 Å². The summed E-state index contributed by atoms with van der Waals surface area (Å²) in [6.07, 6.45) is 7.85. The number of nitrogens with zero attached hydrogens (tertiary/aromatic N) is 2. The molecule has 4 saturated heterocycles. The maximum absolute atomic E-state index is 13.1. The van der Waals surface area contributed by atoms with Gasteiger partial charge >= 0.3 is 0 Å². The zero-order valence-corrected chi connectivity index (χ0v) is 16.9. The summed E-state index contributed by atoms with van der Waals surface area (Å²) < 4.78 is 23.6. The van der Waals surface area contributed by atoms with Crippen LogP contribution in [-0.2, 0) is 9.47 Å². The van der Waals surface area contributed by atoms with E-state index in [-0.39, 0.29) is 5.54 Å². The Morgan fingerprint density at radius 2 is 1.32 bits per heavy atom. The summed E-state index contributed by atoms with van der Waals surface area (Å²) >= 11 is 0. The fraction of sp³-hybridized carbons (Fsp3) is 1.00. The third-order valence-corrected chi connectivity index (χ3v) is 6.40. The highest BCUT2D eigenvalue weighted by atomic mass is 19.1. The summed E-state index contributed by atoms with van der Waals surface area (Å²) in [4.78, 5) is 4.89. The molecule has 0 aromatic heterocycles. The largest absolute Gasteiger partial charge is 0.383 e. The van der Waals surface area contributed by atoms with Crippen LogP contribution in [0.5, 0.6) is 0 Å². The molecule has 0 N–H and O–H groups in total. The van der Waals surface area contributed by atoms with Crippen LogP contribution in [0.1, 0.15) is 58.8 Å². The third-order valence-electron chi connectivity index (χ3n) is 6.40. The fourth-order valence-electron chi connectivity index (χ4n) is 5.45. The van der Waals surface area contributed by atoms with E-state index < -0.39 is 6.17 Å². The van der Waals surface area contributed by atoms with Gasteiger partial charge in [0.1, 0.15) is 6.17 Å². The van der Waals surface area contributed by atoms with Gasteiger partial charge in [0.2, 0.25) is 0 Å². The minimum atomic E-state index is -0.625. The van der Waals surface area contributed by atoms with Crippen LogP contribution in [0, 0.1) is 0 Å². The molecular weight excluding hydrogens is 319 g/mol. The molecule has 2 unspecified atom stereocenters. The normalized spacial score (nSPS) is 33.2. The maximum atomic E-state index is 13.1. The molecule has 4 rings (SSSR count). The summed E-state index contributed by atoms with van der Waals surface area (Å²) in [7, 11) is 3.53. The standard InChI is InChI=1S/C9H16FNO.C9H17NO.C2H6/c1-12-7-9-3-2-4-11(9)6-8(10)5-9;1-11-8-9-4-2-6-10(9)7-3-5-9;1-2/h8H,2-7H2,1H3;2-8H2,1H3;1-2H3. The number of hydrogen-bond donors (Lipinski definition) is 0. The van der Waals surface area contributed by atoms with Gasteiger partial charge in [0, 0.05) is 38.3 Å². The van der Waals surface area contributed by atoms with Crippen LogP contribution in [0.15, 0.2) is 0 Å². The Bertz CT molecular complexity index is 386. The molecule has 0 radical (unpaired) electrons. The molecule has 4 fully saturated rings. The fourth-order valence-corrected chi connectivity index (χ4v) is 5.45. The molecule has 4 heterocycles. The van der Waals surface area contributed by atoms with E-state index in [0.29, 0.717) is 25.1 Å². The van der Waals surface area contributed by atoms with Crippen molar-refractivity contribution in [2.75, 3.05) is 53.6 Å². The Balaban J connectivity index is 0.000000165. The molecule has 0 aromatic rings. The predicted molar refractivity (Wildman–Crippen MR) is 101 cm³/mol. The smallest absolute Gasteiger partial charge is 0.115 e. The monoisotopic (exact) mass is 358 g/mol. The Morgan fingerprint density at radius 1 is 0.840 bits per heavy atom. The van der Waals surface area contributed by atoms with Gasteiger partial charge in [0.25, 0.3) is 0 Å². The van der Waals surface area contributed by atoms with Crippen molar-refractivity contribution >= 4 is 0 Å². The van der Waals surface area contributed by atoms with Crippen molar-refractivity contribution in [2.24, 2.45) is 0 Å². The van der Waals surface area contributed by atoms with Crippen molar-refractivity contribution < 1.29 is 13.9 Å². The van der Waals surface area contributed by atoms with Gasteiger partial charge in [0.15, 0.2) is 0 Å². The highest BCUT2D eigenvalue weighted by Crippen LogP contribution is 2.40. The summed E-state index contributed by atoms with van der Waals surface area (Å²) in [6, 6.07) is 0. The third kappa shape index (κ3) is 4.55. The summed E-state index contributed by atoms with van der Waals surface area (Å²) in [5.41, 5.74) is 0.531. The Labute approximate surface area is 154 Å². The van der Waals surface area contributed by atoms with E-state index >= 15 is 0 Å². The van der Waals surface area contributed by atoms with Crippen LogP contribution in [0.4, 0.5) is 4.39 Å². The van der Waals surface area contributed by atoms with Crippen molar-refractivity contribution in [1.82, 2.24) is 9.80 Å². The molecule has 2 atom stereocenters. The highest BCUT2D eigenvalue weighted by Gasteiger charge is 2.48. The first-order valence-electron chi connectivity index (χ1n) is 10.3. The van der Waals surface area contributed by atoms with Gasteiger partial charge in [-0.25, -0.2) is 4.39 Å². The van der Waals surface area contributed by atoms with E-state index in [2.05, 4.69) is 9.80 Å². The minimum Gasteiger partial charge on any atom is -0.383 e. The molecule has 5 heteroatoms. The zero-order valence-electron chi connectivity index (χ0n) is 16.9. The summed E-state index contributed by atoms with van der Waals surface area (Å²) in [5, 5.41) is 0. The number of hydrogen-bond acceptors (Lipinski definition) is 4. The van der Waals surface area contributed by atoms with Gasteiger partial charge in [0.05, 0.1) is 13.2 Å². The molecule has 4 aliphatic heterocycles. The second kappa shape index (κ2) is 9.63. The van der Waals surface area contributed by atoms with Gasteiger partial charge in [-0.1, -0.05) is 13.8 Å². The van der Waals surface area contributed by atoms with Gasteiger partial charge in [-0.3, -0.25) is 9.80 Å². The number of alkyl halides is 1. The van der Waals surface area contributed by atoms with Gasteiger partial charge in [-0.2, -0.15) is 0 Å². The minimum absolute atomic E-state index is 0.0637. The number of ether oxygens (including phenoxy) is 2. The van der Waals surface area contributed by atoms with Gasteiger partial charge < -0.3 is 9.47 Å². The molecular formula is C20H39FN2O2. The van der Waals surface area contributed by atoms with E-state index in [9.17, 15) is 4.39 Å². The number of halogens is 1. The molecule has 0 spiro atoms. The summed E-state index contributed by atoms with van der Waals surface area (Å²) in [5.74, 6) is 0. The average molecular weight is 359 g/mol. The van der Waals surface area contributed by atoms with E-state index in [1.54, 1.807) is 7.11 Å².